The van der Waals surface area contributed by atoms with Gasteiger partial charge < -0.3 is 20.1 Å². The summed E-state index contributed by atoms with van der Waals surface area (Å²) in [7, 11) is 1.45. The molecule has 2 N–H and O–H groups in total. The van der Waals surface area contributed by atoms with E-state index in [-0.39, 0.29) is 18.9 Å². The summed E-state index contributed by atoms with van der Waals surface area (Å²) >= 11 is 0. The molecule has 33 heavy (non-hydrogen) atoms. The summed E-state index contributed by atoms with van der Waals surface area (Å²) in [6.07, 6.45) is -1.07. The average molecular weight is 461 g/mol. The van der Waals surface area contributed by atoms with Crippen molar-refractivity contribution in [3.8, 4) is 0 Å². The summed E-state index contributed by atoms with van der Waals surface area (Å²) in [5, 5.41) is 4.85. The van der Waals surface area contributed by atoms with Crippen LogP contribution in [0, 0.1) is 0 Å². The van der Waals surface area contributed by atoms with E-state index >= 15 is 0 Å². The van der Waals surface area contributed by atoms with Crippen LogP contribution in [0.1, 0.15) is 71.9 Å². The van der Waals surface area contributed by atoms with Crippen LogP contribution in [-0.2, 0) is 19.1 Å². The summed E-state index contributed by atoms with van der Waals surface area (Å²) in [6, 6.07) is 6.55. The zero-order chi connectivity index (χ0) is 25.8. The topological polar surface area (TPSA) is 93.7 Å². The van der Waals surface area contributed by atoms with Crippen molar-refractivity contribution in [1.29, 1.82) is 0 Å². The Balaban J connectivity index is 0.00000242. The first-order valence-electron chi connectivity index (χ1n) is 11.4. The Labute approximate surface area is 198 Å². The third-order valence-corrected chi connectivity index (χ3v) is 4.50. The molecule has 0 aliphatic heterocycles. The maximum absolute atomic E-state index is 12.4. The number of carbonyl (C=O) groups excluding carboxylic acids is 3. The van der Waals surface area contributed by atoms with Crippen LogP contribution in [-0.4, -0.2) is 43.3 Å². The van der Waals surface area contributed by atoms with Gasteiger partial charge in [-0.2, -0.15) is 0 Å². The molecular formula is C26H40N2O5. The lowest BCUT2D eigenvalue weighted by Crippen LogP contribution is -2.46. The zero-order valence-electron chi connectivity index (χ0n) is 21.3. The van der Waals surface area contributed by atoms with Crippen molar-refractivity contribution in [1.82, 2.24) is 10.6 Å². The summed E-state index contributed by atoms with van der Waals surface area (Å²) in [4.78, 5) is 36.4. The quantitative estimate of drug-likeness (QED) is 0.584. The van der Waals surface area contributed by atoms with Crippen LogP contribution in [0.3, 0.4) is 0 Å². The molecule has 2 rings (SSSR count). The molecule has 184 valence electrons. The first-order chi connectivity index (χ1) is 15.5. The summed E-state index contributed by atoms with van der Waals surface area (Å²) < 4.78 is 10.6. The minimum absolute atomic E-state index is 0.0434. The lowest BCUT2D eigenvalue weighted by atomic mass is 10.00. The number of allylic oxidation sites excluding steroid dienone is 1. The van der Waals surface area contributed by atoms with Crippen LogP contribution in [0.4, 0.5) is 4.79 Å². The van der Waals surface area contributed by atoms with E-state index in [0.717, 1.165) is 22.3 Å². The number of hydrogen-bond donors (Lipinski definition) is 2. The fourth-order valence-electron chi connectivity index (χ4n) is 3.03. The number of benzene rings is 1. The average Bonchev–Trinajstić information content (AvgIpc) is 3.03. The largest absolute Gasteiger partial charge is 0.458 e. The van der Waals surface area contributed by atoms with Crippen molar-refractivity contribution in [2.24, 2.45) is 0 Å². The van der Waals surface area contributed by atoms with Gasteiger partial charge in [-0.1, -0.05) is 65.1 Å². The van der Waals surface area contributed by atoms with E-state index < -0.39 is 29.6 Å². The van der Waals surface area contributed by atoms with Gasteiger partial charge in [0, 0.05) is 13.0 Å². The van der Waals surface area contributed by atoms with Crippen molar-refractivity contribution >= 4 is 23.5 Å². The lowest BCUT2D eigenvalue weighted by Gasteiger charge is -2.24. The highest BCUT2D eigenvalue weighted by Gasteiger charge is 2.32. The van der Waals surface area contributed by atoms with E-state index in [1.165, 1.54) is 7.05 Å². The molecule has 0 fully saturated rings. The van der Waals surface area contributed by atoms with Gasteiger partial charge in [-0.25, -0.2) is 9.59 Å². The molecule has 2 atom stereocenters. The molecule has 0 radical (unpaired) electrons. The number of nitrogens with one attached hydrogen (secondary N) is 2. The third kappa shape index (κ3) is 9.12. The minimum Gasteiger partial charge on any atom is -0.458 e. The Bertz CT molecular complexity index is 839. The lowest BCUT2D eigenvalue weighted by molar-refractivity contribution is -0.158. The van der Waals surface area contributed by atoms with Gasteiger partial charge in [-0.3, -0.25) is 4.79 Å². The highest BCUT2D eigenvalue weighted by Crippen LogP contribution is 2.43. The van der Waals surface area contributed by atoms with Crippen molar-refractivity contribution in [3.63, 3.8) is 0 Å². The predicted molar refractivity (Wildman–Crippen MR) is 133 cm³/mol. The second-order valence-corrected chi connectivity index (χ2v) is 7.85. The summed E-state index contributed by atoms with van der Waals surface area (Å²) in [5.41, 5.74) is 2.82. The van der Waals surface area contributed by atoms with Crippen molar-refractivity contribution in [2.45, 2.75) is 72.4 Å². The van der Waals surface area contributed by atoms with Gasteiger partial charge in [0.25, 0.3) is 0 Å². The molecule has 0 heterocycles. The van der Waals surface area contributed by atoms with E-state index in [4.69, 9.17) is 9.47 Å². The Morgan fingerprint density at radius 1 is 1.06 bits per heavy atom. The van der Waals surface area contributed by atoms with Crippen LogP contribution in [0.2, 0.25) is 0 Å². The number of rotatable bonds is 6. The zero-order valence-corrected chi connectivity index (χ0v) is 21.3. The Morgan fingerprint density at radius 3 is 2.18 bits per heavy atom. The second kappa shape index (κ2) is 14.1. The molecule has 1 aliphatic carbocycles. The Morgan fingerprint density at radius 2 is 1.64 bits per heavy atom. The van der Waals surface area contributed by atoms with E-state index in [9.17, 15) is 14.4 Å². The first-order valence-corrected chi connectivity index (χ1v) is 11.4. The van der Waals surface area contributed by atoms with Gasteiger partial charge in [0.1, 0.15) is 18.2 Å². The van der Waals surface area contributed by atoms with E-state index in [0.29, 0.717) is 0 Å². The second-order valence-electron chi connectivity index (χ2n) is 7.85. The Hall–Kier alpha value is -3.09. The van der Waals surface area contributed by atoms with Gasteiger partial charge in [0.05, 0.1) is 6.42 Å². The fourth-order valence-corrected chi connectivity index (χ4v) is 3.03. The van der Waals surface area contributed by atoms with Crippen LogP contribution in [0.15, 0.2) is 43.0 Å². The highest BCUT2D eigenvalue weighted by molar-refractivity contribution is 5.88. The maximum Gasteiger partial charge on any atom is 0.407 e. The van der Waals surface area contributed by atoms with Crippen LogP contribution < -0.4 is 10.6 Å². The fraction of sp³-hybridized carbons (Fsp3) is 0.500. The molecule has 2 amide bonds. The monoisotopic (exact) mass is 460 g/mol. The van der Waals surface area contributed by atoms with Gasteiger partial charge in [-0.15, -0.1) is 0 Å². The minimum atomic E-state index is -1.16. The first kappa shape index (κ1) is 29.9. The van der Waals surface area contributed by atoms with E-state index in [1.54, 1.807) is 20.8 Å². The van der Waals surface area contributed by atoms with Crippen LogP contribution in [0.25, 0.3) is 5.57 Å². The molecule has 0 saturated heterocycles. The van der Waals surface area contributed by atoms with Crippen molar-refractivity contribution in [2.75, 3.05) is 13.7 Å². The van der Waals surface area contributed by atoms with Crippen LogP contribution >= 0.6 is 0 Å². The standard InChI is InChI=1S/C22H28N2O5.2C2H6/c1-13-14(2)17(16-10-8-7-9-15(13)16)12-28-21(27)24-18(11-19(25)23-6)20(26)29-22(3,4)5;2*1-2/h7-10,17-18H,1-2,11-12H2,3-6H3,(H,23,25)(H,24,27);2*1-2H3/t17?,18-;;/m1../s1. The summed E-state index contributed by atoms with van der Waals surface area (Å²) in [5.74, 6) is -1.32. The molecule has 1 aromatic carbocycles. The van der Waals surface area contributed by atoms with Gasteiger partial charge in [0.15, 0.2) is 0 Å². The number of esters is 1. The molecular weight excluding hydrogens is 420 g/mol. The van der Waals surface area contributed by atoms with E-state index in [1.807, 2.05) is 52.0 Å². The molecule has 1 aromatic rings. The normalized spacial score (nSPS) is 15.0. The maximum atomic E-state index is 12.4. The number of alkyl carbamates (subject to hydrolysis) is 1. The molecule has 1 aliphatic rings. The third-order valence-electron chi connectivity index (χ3n) is 4.50. The number of carbonyl (C=O) groups is 3. The molecule has 0 spiro atoms. The van der Waals surface area contributed by atoms with Gasteiger partial charge in [-0.05, 0) is 43.0 Å². The number of hydrogen-bond acceptors (Lipinski definition) is 5. The van der Waals surface area contributed by atoms with Crippen molar-refractivity contribution < 1.29 is 23.9 Å². The molecule has 1 unspecified atom stereocenters. The molecule has 0 saturated carbocycles. The predicted octanol–water partition coefficient (Wildman–Crippen LogP) is 4.98. The van der Waals surface area contributed by atoms with Crippen molar-refractivity contribution in [3.05, 3.63) is 54.1 Å². The molecule has 0 bridgehead atoms. The smallest absolute Gasteiger partial charge is 0.407 e. The molecule has 7 nitrogen and oxygen atoms in total. The number of amides is 2. The van der Waals surface area contributed by atoms with Crippen LogP contribution in [0.5, 0.6) is 0 Å². The number of fused-ring (bicyclic) bond motifs is 1. The summed E-state index contributed by atoms with van der Waals surface area (Å²) in [6.45, 7) is 21.2. The van der Waals surface area contributed by atoms with E-state index in [2.05, 4.69) is 23.8 Å². The Kier molecular flexibility index (Phi) is 12.8. The van der Waals surface area contributed by atoms with Gasteiger partial charge in [0.2, 0.25) is 5.91 Å². The molecule has 0 aromatic heterocycles. The number of ether oxygens (including phenoxy) is 2. The highest BCUT2D eigenvalue weighted by atomic mass is 16.6. The molecule has 7 heteroatoms. The SMILES string of the molecule is C=C1C(=C)C(COC(=O)N[C@H](CC(=O)NC)C(=O)OC(C)(C)C)c2ccccc21.CC.CC. The van der Waals surface area contributed by atoms with Gasteiger partial charge >= 0.3 is 12.1 Å².